The number of hydrogen-bond acceptors (Lipinski definition) is 7. The van der Waals surface area contributed by atoms with Crippen LogP contribution in [0.25, 0.3) is 11.6 Å². The normalized spacial score (nSPS) is 22.5. The second-order valence-corrected chi connectivity index (χ2v) is 7.19. The lowest BCUT2D eigenvalue weighted by Crippen LogP contribution is -2.43. The van der Waals surface area contributed by atoms with Gasteiger partial charge in [0.25, 0.3) is 17.7 Å². The Morgan fingerprint density at radius 3 is 2.31 bits per heavy atom. The van der Waals surface area contributed by atoms with Crippen molar-refractivity contribution in [3.63, 3.8) is 0 Å². The van der Waals surface area contributed by atoms with E-state index in [1.165, 1.54) is 0 Å². The monoisotopic (exact) mass is 474 g/mol. The van der Waals surface area contributed by atoms with E-state index in [0.29, 0.717) is 0 Å². The molecule has 32 heavy (non-hydrogen) atoms. The second-order valence-electron chi connectivity index (χ2n) is 7.19. The van der Waals surface area contributed by atoms with Crippen LogP contribution >= 0.6 is 0 Å². The zero-order valence-electron chi connectivity index (χ0n) is 15.8. The smallest absolute Gasteiger partial charge is 0.416 e. The van der Waals surface area contributed by atoms with Crippen molar-refractivity contribution in [3.05, 3.63) is 23.2 Å². The molecule has 0 fully saturated rings. The average molecular weight is 474 g/mol. The summed E-state index contributed by atoms with van der Waals surface area (Å²) in [6.07, 6.45) is -15.4. The SMILES string of the molecule is Nc1cc(C(F)(F)F)c2nc1-c1nnc(o1)[C@@](O)(C(F)(F)F)CCC(=O)CCCC2(F)F. The summed E-state index contributed by atoms with van der Waals surface area (Å²) < 4.78 is 115. The fourth-order valence-corrected chi connectivity index (χ4v) is 3.12. The summed E-state index contributed by atoms with van der Waals surface area (Å²) in [4.78, 5) is 15.1. The standard InChI is InChI=1S/C17H14F8N4O3/c18-15(19)4-1-2-7(30)3-5-14(31,17(23,24)25)13-29-28-12(32-13)10-9(26)6-8(11(15)27-10)16(20,21)22/h6,31H,1-5,26H2/t14-/m1/s1. The lowest BCUT2D eigenvalue weighted by Gasteiger charge is -2.26. The molecule has 176 valence electrons. The van der Waals surface area contributed by atoms with E-state index < -0.39 is 96.2 Å². The molecule has 0 unspecified atom stereocenters. The Morgan fingerprint density at radius 2 is 1.72 bits per heavy atom. The van der Waals surface area contributed by atoms with Crippen molar-refractivity contribution < 1.29 is 49.4 Å². The molecule has 1 aliphatic rings. The van der Waals surface area contributed by atoms with Crippen LogP contribution in [0.15, 0.2) is 10.5 Å². The van der Waals surface area contributed by atoms with E-state index in [9.17, 15) is 45.0 Å². The molecule has 3 rings (SSSR count). The molecular weight excluding hydrogens is 460 g/mol. The molecule has 0 saturated carbocycles. The predicted molar refractivity (Wildman–Crippen MR) is 88.9 cm³/mol. The van der Waals surface area contributed by atoms with Crippen molar-refractivity contribution in [2.45, 2.75) is 56.0 Å². The van der Waals surface area contributed by atoms with E-state index in [1.54, 1.807) is 0 Å². The van der Waals surface area contributed by atoms with E-state index in [0.717, 1.165) is 0 Å². The highest BCUT2D eigenvalue weighted by Gasteiger charge is 2.59. The number of Topliss-reactive ketones (excluding diaryl/α,β-unsaturated/α-hetero) is 1. The zero-order valence-corrected chi connectivity index (χ0v) is 15.8. The number of anilines is 1. The van der Waals surface area contributed by atoms with Crippen LogP contribution in [0.4, 0.5) is 40.8 Å². The summed E-state index contributed by atoms with van der Waals surface area (Å²) in [6.45, 7) is 0. The van der Waals surface area contributed by atoms with E-state index in [4.69, 9.17) is 10.2 Å². The molecule has 3 heterocycles. The average Bonchev–Trinajstić information content (AvgIpc) is 3.13. The Balaban J connectivity index is 2.26. The first-order valence-electron chi connectivity index (χ1n) is 8.97. The number of ketones is 1. The number of hydrogen-bond donors (Lipinski definition) is 2. The lowest BCUT2D eigenvalue weighted by atomic mass is 9.93. The lowest BCUT2D eigenvalue weighted by molar-refractivity contribution is -0.276. The van der Waals surface area contributed by atoms with Gasteiger partial charge in [0.2, 0.25) is 5.60 Å². The molecule has 15 heteroatoms. The van der Waals surface area contributed by atoms with Crippen LogP contribution in [0.2, 0.25) is 0 Å². The Morgan fingerprint density at radius 1 is 1.06 bits per heavy atom. The number of aliphatic hydroxyl groups is 1. The molecule has 1 atom stereocenters. The number of halogens is 8. The molecule has 0 radical (unpaired) electrons. The maximum atomic E-state index is 14.7. The highest BCUT2D eigenvalue weighted by Crippen LogP contribution is 2.46. The number of fused-ring (bicyclic) bond motifs is 5. The van der Waals surface area contributed by atoms with Gasteiger partial charge in [-0.3, -0.25) is 4.79 Å². The molecule has 0 saturated heterocycles. The van der Waals surface area contributed by atoms with Crippen molar-refractivity contribution >= 4 is 11.5 Å². The van der Waals surface area contributed by atoms with Gasteiger partial charge in [0.1, 0.15) is 11.5 Å². The third-order valence-electron chi connectivity index (χ3n) is 4.87. The van der Waals surface area contributed by atoms with Crippen LogP contribution in [0.1, 0.15) is 49.3 Å². The summed E-state index contributed by atoms with van der Waals surface area (Å²) in [5, 5.41) is 16.4. The number of carbonyl (C=O) groups excluding carboxylic acids is 1. The number of nitrogens with zero attached hydrogens (tertiary/aromatic N) is 3. The zero-order chi connectivity index (χ0) is 24.1. The number of nitrogen functional groups attached to an aromatic ring is 1. The van der Waals surface area contributed by atoms with Crippen LogP contribution in [-0.2, 0) is 22.5 Å². The molecule has 4 bridgehead atoms. The fraction of sp³-hybridized carbons (Fsp3) is 0.529. The summed E-state index contributed by atoms with van der Waals surface area (Å²) in [6, 6.07) is 0.127. The minimum atomic E-state index is -5.38. The van der Waals surface area contributed by atoms with Crippen LogP contribution < -0.4 is 5.73 Å². The third-order valence-corrected chi connectivity index (χ3v) is 4.87. The molecule has 3 N–H and O–H groups in total. The molecule has 0 aliphatic carbocycles. The van der Waals surface area contributed by atoms with Gasteiger partial charge < -0.3 is 15.3 Å². The number of pyridine rings is 1. The molecule has 0 amide bonds. The van der Waals surface area contributed by atoms with Crippen molar-refractivity contribution in [2.24, 2.45) is 0 Å². The Hall–Kier alpha value is -2.84. The topological polar surface area (TPSA) is 115 Å². The number of nitrogens with two attached hydrogens (primary N) is 1. The summed E-state index contributed by atoms with van der Waals surface area (Å²) in [7, 11) is 0. The summed E-state index contributed by atoms with van der Waals surface area (Å²) in [5.41, 5.74) is -3.72. The number of rotatable bonds is 0. The van der Waals surface area contributed by atoms with Gasteiger partial charge in [-0.25, -0.2) is 4.98 Å². The summed E-state index contributed by atoms with van der Waals surface area (Å²) in [5.74, 6) is -7.57. The second kappa shape index (κ2) is 7.64. The number of aromatic nitrogens is 3. The Labute approximate surface area is 173 Å². The van der Waals surface area contributed by atoms with E-state index in [-0.39, 0.29) is 6.07 Å². The minimum absolute atomic E-state index is 0.127. The first-order chi connectivity index (χ1) is 14.6. The first kappa shape index (κ1) is 23.8. The van der Waals surface area contributed by atoms with Crippen LogP contribution in [0, 0.1) is 0 Å². The predicted octanol–water partition coefficient (Wildman–Crippen LogP) is 4.11. The maximum Gasteiger partial charge on any atom is 0.426 e. The minimum Gasteiger partial charge on any atom is -0.416 e. The Bertz CT molecular complexity index is 1030. The number of carbonyl (C=O) groups is 1. The maximum absolute atomic E-state index is 14.7. The fourth-order valence-electron chi connectivity index (χ4n) is 3.12. The first-order valence-corrected chi connectivity index (χ1v) is 8.97. The van der Waals surface area contributed by atoms with Gasteiger partial charge in [0.05, 0.1) is 11.3 Å². The molecule has 7 nitrogen and oxygen atoms in total. The molecule has 2 aromatic rings. The van der Waals surface area contributed by atoms with Crippen molar-refractivity contribution in [1.29, 1.82) is 0 Å². The quantitative estimate of drug-likeness (QED) is 0.553. The van der Waals surface area contributed by atoms with Crippen LogP contribution in [0.5, 0.6) is 0 Å². The van der Waals surface area contributed by atoms with Crippen molar-refractivity contribution in [3.8, 4) is 11.6 Å². The molecule has 1 aliphatic heterocycles. The van der Waals surface area contributed by atoms with Gasteiger partial charge >= 0.3 is 12.4 Å². The van der Waals surface area contributed by atoms with Crippen LogP contribution in [0.3, 0.4) is 0 Å². The van der Waals surface area contributed by atoms with Crippen molar-refractivity contribution in [1.82, 2.24) is 15.2 Å². The van der Waals surface area contributed by atoms with E-state index in [2.05, 4.69) is 15.2 Å². The van der Waals surface area contributed by atoms with Gasteiger partial charge in [-0.05, 0) is 12.5 Å². The highest BCUT2D eigenvalue weighted by atomic mass is 19.4. The van der Waals surface area contributed by atoms with Crippen LogP contribution in [-0.4, -0.2) is 32.2 Å². The Kier molecular flexibility index (Phi) is 5.68. The number of alkyl halides is 8. The largest absolute Gasteiger partial charge is 0.426 e. The van der Waals surface area contributed by atoms with Gasteiger partial charge in [0, 0.05) is 25.7 Å². The van der Waals surface area contributed by atoms with Gasteiger partial charge in [-0.1, -0.05) is 0 Å². The van der Waals surface area contributed by atoms with Gasteiger partial charge in [-0.2, -0.15) is 35.1 Å². The van der Waals surface area contributed by atoms with Gasteiger partial charge in [0.15, 0.2) is 5.69 Å². The molecular formula is C17H14F8N4O3. The van der Waals surface area contributed by atoms with E-state index in [1.807, 2.05) is 0 Å². The van der Waals surface area contributed by atoms with Crippen molar-refractivity contribution in [2.75, 3.05) is 5.73 Å². The molecule has 0 spiro atoms. The van der Waals surface area contributed by atoms with Gasteiger partial charge in [-0.15, -0.1) is 10.2 Å². The summed E-state index contributed by atoms with van der Waals surface area (Å²) >= 11 is 0. The molecule has 0 aromatic carbocycles. The van der Waals surface area contributed by atoms with E-state index >= 15 is 0 Å². The highest BCUT2D eigenvalue weighted by molar-refractivity contribution is 5.78. The third kappa shape index (κ3) is 4.25. The molecule has 2 aromatic heterocycles.